The number of rotatable bonds is 5. The molecule has 134 valence electrons. The number of carbonyl (C=O) groups is 1. The second-order valence-electron chi connectivity index (χ2n) is 5.92. The van der Waals surface area contributed by atoms with Crippen LogP contribution in [0.25, 0.3) is 21.9 Å². The van der Waals surface area contributed by atoms with Gasteiger partial charge in [0.05, 0.1) is 30.7 Å². The molecule has 0 radical (unpaired) electrons. The minimum absolute atomic E-state index is 0.00300. The molecule has 4 rings (SSSR count). The van der Waals surface area contributed by atoms with Gasteiger partial charge in [0.2, 0.25) is 0 Å². The maximum absolute atomic E-state index is 11.3. The van der Waals surface area contributed by atoms with E-state index in [2.05, 4.69) is 9.97 Å². The van der Waals surface area contributed by atoms with Gasteiger partial charge in [0.15, 0.2) is 12.2 Å². The summed E-state index contributed by atoms with van der Waals surface area (Å²) in [6.45, 7) is 2.94. The van der Waals surface area contributed by atoms with Crippen molar-refractivity contribution >= 4 is 17.3 Å². The maximum Gasteiger partial charge on any atom is 0.347 e. The van der Waals surface area contributed by atoms with E-state index in [-0.39, 0.29) is 11.0 Å². The summed E-state index contributed by atoms with van der Waals surface area (Å²) in [6, 6.07) is 5.60. The monoisotopic (exact) mass is 372 g/mol. The first-order valence-corrected chi connectivity index (χ1v) is 8.92. The number of thiazole rings is 1. The third kappa shape index (κ3) is 3.21. The molecule has 3 aromatic rings. The summed E-state index contributed by atoms with van der Waals surface area (Å²) in [5.74, 6) is 0.281. The van der Waals surface area contributed by atoms with Crippen molar-refractivity contribution in [1.29, 1.82) is 0 Å². The van der Waals surface area contributed by atoms with Gasteiger partial charge in [0.1, 0.15) is 21.7 Å². The van der Waals surface area contributed by atoms with Crippen molar-refractivity contribution in [3.8, 4) is 27.6 Å². The molecule has 0 amide bonds. The topological polar surface area (TPSA) is 94.7 Å². The molecule has 1 saturated heterocycles. The van der Waals surface area contributed by atoms with Gasteiger partial charge in [-0.05, 0) is 25.1 Å². The molecule has 0 unspecified atom stereocenters. The first kappa shape index (κ1) is 16.7. The van der Waals surface area contributed by atoms with Crippen LogP contribution >= 0.6 is 11.3 Å². The van der Waals surface area contributed by atoms with Crippen LogP contribution in [0.15, 0.2) is 35.2 Å². The average Bonchev–Trinajstić information content (AvgIpc) is 3.36. The number of aromatic nitrogens is 2. The van der Waals surface area contributed by atoms with Gasteiger partial charge < -0.3 is 19.0 Å². The Balaban J connectivity index is 1.74. The van der Waals surface area contributed by atoms with Crippen LogP contribution < -0.4 is 4.74 Å². The van der Waals surface area contributed by atoms with Crippen LogP contribution in [0.2, 0.25) is 0 Å². The molecule has 0 bridgehead atoms. The van der Waals surface area contributed by atoms with Crippen LogP contribution in [0.1, 0.15) is 21.8 Å². The molecule has 3 heterocycles. The lowest BCUT2D eigenvalue weighted by atomic mass is 10.1. The van der Waals surface area contributed by atoms with Crippen LogP contribution in [0.4, 0.5) is 0 Å². The molecule has 0 spiro atoms. The lowest BCUT2D eigenvalue weighted by Crippen LogP contribution is -2.16. The third-order valence-corrected chi connectivity index (χ3v) is 5.29. The highest BCUT2D eigenvalue weighted by Gasteiger charge is 2.21. The Labute approximate surface area is 153 Å². The summed E-state index contributed by atoms with van der Waals surface area (Å²) in [6.07, 6.45) is 3.82. The summed E-state index contributed by atoms with van der Waals surface area (Å²) < 4.78 is 16.9. The van der Waals surface area contributed by atoms with Gasteiger partial charge in [-0.1, -0.05) is 0 Å². The van der Waals surface area contributed by atoms with Crippen molar-refractivity contribution in [1.82, 2.24) is 9.97 Å². The molecule has 1 aromatic carbocycles. The molecule has 1 fully saturated rings. The zero-order valence-electron chi connectivity index (χ0n) is 14.0. The first-order chi connectivity index (χ1) is 12.6. The minimum atomic E-state index is -0.970. The third-order valence-electron chi connectivity index (χ3n) is 4.10. The summed E-state index contributed by atoms with van der Waals surface area (Å²) in [4.78, 5) is 19.9. The Kier molecular flexibility index (Phi) is 4.44. The maximum atomic E-state index is 11.3. The van der Waals surface area contributed by atoms with Crippen LogP contribution in [0, 0.1) is 6.92 Å². The normalized spacial score (nSPS) is 16.7. The Hall–Kier alpha value is -2.71. The molecule has 1 aliphatic heterocycles. The number of hydrogen-bond donors (Lipinski definition) is 1. The van der Waals surface area contributed by atoms with Gasteiger partial charge in [-0.3, -0.25) is 0 Å². The van der Waals surface area contributed by atoms with E-state index in [9.17, 15) is 9.90 Å². The quantitative estimate of drug-likeness (QED) is 0.730. The van der Waals surface area contributed by atoms with E-state index >= 15 is 0 Å². The molecule has 26 heavy (non-hydrogen) atoms. The Morgan fingerprint density at radius 2 is 2.31 bits per heavy atom. The number of hydrogen-bond acceptors (Lipinski definition) is 7. The van der Waals surface area contributed by atoms with Gasteiger partial charge >= 0.3 is 5.97 Å². The second-order valence-corrected chi connectivity index (χ2v) is 6.92. The number of carboxylic acids is 1. The largest absolute Gasteiger partial charge is 0.487 e. The molecule has 1 aliphatic rings. The van der Waals surface area contributed by atoms with E-state index in [4.69, 9.17) is 13.9 Å². The highest BCUT2D eigenvalue weighted by atomic mass is 32.1. The average molecular weight is 372 g/mol. The molecular weight excluding hydrogens is 356 g/mol. The smallest absolute Gasteiger partial charge is 0.347 e. The van der Waals surface area contributed by atoms with Gasteiger partial charge in [-0.15, -0.1) is 11.3 Å². The molecule has 2 aromatic heterocycles. The molecule has 0 aliphatic carbocycles. The van der Waals surface area contributed by atoms with Crippen molar-refractivity contribution in [3.05, 3.63) is 41.4 Å². The number of aryl methyl sites for hydroxylation is 1. The summed E-state index contributed by atoms with van der Waals surface area (Å²) in [5.41, 5.74) is 2.05. The van der Waals surface area contributed by atoms with Crippen molar-refractivity contribution < 1.29 is 23.8 Å². The Bertz CT molecular complexity index is 929. The molecule has 7 nitrogen and oxygen atoms in total. The Morgan fingerprint density at radius 3 is 2.96 bits per heavy atom. The van der Waals surface area contributed by atoms with E-state index in [0.29, 0.717) is 35.4 Å². The molecule has 8 heteroatoms. The van der Waals surface area contributed by atoms with Gasteiger partial charge in [0, 0.05) is 12.0 Å². The molecular formula is C18H16N2O5S. The lowest BCUT2D eigenvalue weighted by Gasteiger charge is -2.15. The van der Waals surface area contributed by atoms with Crippen LogP contribution in [-0.2, 0) is 4.74 Å². The van der Waals surface area contributed by atoms with E-state index in [1.54, 1.807) is 13.1 Å². The SMILES string of the molecule is Cc1nc(-c2ccc(O[C@@H]3CCOC3)c(-c3cnco3)c2)sc1C(=O)O. The van der Waals surface area contributed by atoms with Gasteiger partial charge in [-0.2, -0.15) is 0 Å². The highest BCUT2D eigenvalue weighted by molar-refractivity contribution is 7.17. The number of benzene rings is 1. The van der Waals surface area contributed by atoms with Crippen molar-refractivity contribution in [2.24, 2.45) is 0 Å². The van der Waals surface area contributed by atoms with Crippen molar-refractivity contribution in [2.75, 3.05) is 13.2 Å². The van der Waals surface area contributed by atoms with Crippen molar-refractivity contribution in [3.63, 3.8) is 0 Å². The van der Waals surface area contributed by atoms with Gasteiger partial charge in [-0.25, -0.2) is 14.8 Å². The number of nitrogens with zero attached hydrogens (tertiary/aromatic N) is 2. The number of aromatic carboxylic acids is 1. The Morgan fingerprint density at radius 1 is 1.42 bits per heavy atom. The standard InChI is InChI=1S/C18H16N2O5S/c1-10-16(18(21)22)26-17(20-10)11-2-3-14(25-12-4-5-23-8-12)13(6-11)15-7-19-9-24-15/h2-3,6-7,9,12H,4-5,8H2,1H3,(H,21,22)/t12-/m1/s1. The van der Waals surface area contributed by atoms with E-state index in [1.165, 1.54) is 6.39 Å². The number of oxazole rings is 1. The first-order valence-electron chi connectivity index (χ1n) is 8.10. The highest BCUT2D eigenvalue weighted by Crippen LogP contribution is 2.37. The molecule has 1 atom stereocenters. The van der Waals surface area contributed by atoms with Crippen LogP contribution in [0.3, 0.4) is 0 Å². The molecule has 1 N–H and O–H groups in total. The fourth-order valence-electron chi connectivity index (χ4n) is 2.81. The van der Waals surface area contributed by atoms with Crippen molar-refractivity contribution in [2.45, 2.75) is 19.4 Å². The zero-order valence-corrected chi connectivity index (χ0v) is 14.8. The summed E-state index contributed by atoms with van der Waals surface area (Å²) >= 11 is 1.15. The van der Waals surface area contributed by atoms with E-state index < -0.39 is 5.97 Å². The minimum Gasteiger partial charge on any atom is -0.487 e. The lowest BCUT2D eigenvalue weighted by molar-refractivity contribution is 0.0701. The van der Waals surface area contributed by atoms with Gasteiger partial charge in [0.25, 0.3) is 0 Å². The molecule has 0 saturated carbocycles. The number of carboxylic acid groups (broad SMARTS) is 1. The van der Waals surface area contributed by atoms with E-state index in [0.717, 1.165) is 28.9 Å². The zero-order chi connectivity index (χ0) is 18.1. The predicted molar refractivity (Wildman–Crippen MR) is 94.6 cm³/mol. The van der Waals surface area contributed by atoms with Crippen LogP contribution in [0.5, 0.6) is 5.75 Å². The fraction of sp³-hybridized carbons (Fsp3) is 0.278. The number of ether oxygens (including phenoxy) is 2. The summed E-state index contributed by atoms with van der Waals surface area (Å²) in [7, 11) is 0. The second kappa shape index (κ2) is 6.89. The fourth-order valence-corrected chi connectivity index (χ4v) is 3.71. The van der Waals surface area contributed by atoms with Crippen LogP contribution in [-0.4, -0.2) is 40.4 Å². The predicted octanol–water partition coefficient (Wildman–Crippen LogP) is 3.64. The van der Waals surface area contributed by atoms with E-state index in [1.807, 2.05) is 18.2 Å². The summed E-state index contributed by atoms with van der Waals surface area (Å²) in [5, 5.41) is 9.89.